The Labute approximate surface area is 276 Å². The van der Waals surface area contributed by atoms with Gasteiger partial charge >= 0.3 is 0 Å². The molecule has 248 valence electrons. The molecule has 3 aliphatic rings. The van der Waals surface area contributed by atoms with E-state index in [0.717, 1.165) is 16.7 Å². The number of aliphatic hydroxyl groups excluding tert-OH is 1. The van der Waals surface area contributed by atoms with E-state index in [1.165, 1.54) is 23.1 Å². The average molecular weight is 653 g/mol. The van der Waals surface area contributed by atoms with Crippen molar-refractivity contribution in [3.63, 3.8) is 0 Å². The molecule has 1 fully saturated rings. The number of aromatic nitrogens is 3. The lowest BCUT2D eigenvalue weighted by Gasteiger charge is -2.37. The fourth-order valence-electron chi connectivity index (χ4n) is 6.77. The molecule has 0 aliphatic carbocycles. The third-order valence-electron chi connectivity index (χ3n) is 9.55. The second kappa shape index (κ2) is 11.9. The number of anilines is 1. The molecular weight excluding hydrogens is 615 g/mol. The number of fused-ring (bicyclic) bond motifs is 4. The number of hydrogen-bond donors (Lipinski definition) is 2. The summed E-state index contributed by atoms with van der Waals surface area (Å²) in [7, 11) is 1.72. The number of likely N-dealkylation sites (tertiary alicyclic amines) is 1. The largest absolute Gasteiger partial charge is 0.391 e. The van der Waals surface area contributed by atoms with Gasteiger partial charge in [0.25, 0.3) is 17.4 Å². The number of nitrogens with one attached hydrogen (secondary N) is 1. The number of carbonyl (C=O) groups is 2. The summed E-state index contributed by atoms with van der Waals surface area (Å²) < 4.78 is 22.8. The van der Waals surface area contributed by atoms with Crippen LogP contribution < -0.4 is 10.9 Å². The Morgan fingerprint density at radius 3 is 2.65 bits per heavy atom. The average Bonchev–Trinajstić information content (AvgIpc) is 3.40. The van der Waals surface area contributed by atoms with Gasteiger partial charge in [0.2, 0.25) is 0 Å². The number of amides is 2. The lowest BCUT2D eigenvalue weighted by atomic mass is 9.84. The lowest BCUT2D eigenvalue weighted by Crippen LogP contribution is -2.47. The van der Waals surface area contributed by atoms with E-state index in [2.05, 4.69) is 15.4 Å². The summed E-state index contributed by atoms with van der Waals surface area (Å²) in [4.78, 5) is 47.7. The highest BCUT2D eigenvalue weighted by Crippen LogP contribution is 2.38. The number of halogens is 1. The van der Waals surface area contributed by atoms with Gasteiger partial charge in [-0.2, -0.15) is 9.78 Å². The zero-order valence-electron chi connectivity index (χ0n) is 27.2. The molecule has 2 aromatic heterocycles. The maximum Gasteiger partial charge on any atom is 0.282 e. The van der Waals surface area contributed by atoms with E-state index >= 15 is 4.39 Å². The minimum absolute atomic E-state index is 0.0318. The molecule has 3 aliphatic heterocycles. The van der Waals surface area contributed by atoms with Gasteiger partial charge in [0.15, 0.2) is 0 Å². The van der Waals surface area contributed by atoms with Crippen molar-refractivity contribution in [1.82, 2.24) is 24.6 Å². The van der Waals surface area contributed by atoms with Gasteiger partial charge in [-0.25, -0.2) is 9.37 Å². The van der Waals surface area contributed by atoms with Gasteiger partial charge in [0.05, 0.1) is 48.2 Å². The number of rotatable bonds is 4. The number of hydrogen-bond acceptors (Lipinski definition) is 8. The van der Waals surface area contributed by atoms with Crippen LogP contribution in [0.3, 0.4) is 0 Å². The molecule has 2 unspecified atom stereocenters. The normalized spacial score (nSPS) is 21.1. The van der Waals surface area contributed by atoms with Crippen LogP contribution in [-0.2, 0) is 21.6 Å². The Morgan fingerprint density at radius 2 is 1.94 bits per heavy atom. The summed E-state index contributed by atoms with van der Waals surface area (Å²) in [6.07, 6.45) is 4.86. The molecule has 2 aromatic carbocycles. The van der Waals surface area contributed by atoms with E-state index in [1.54, 1.807) is 35.0 Å². The Morgan fingerprint density at radius 1 is 1.12 bits per heavy atom. The number of carbonyl (C=O) groups excluding carboxylic acids is 2. The SMILES string of the molecule is CN1C(=O)C(Nc2ccc(C(=O)N3CCC(O)C3)cn2)=CC2c3cccc(-n4ncc5cc(C(C)(C)C)cc(F)c5c4=O)c3COC[C@@H]21. The van der Waals surface area contributed by atoms with Crippen molar-refractivity contribution in [2.75, 3.05) is 32.1 Å². The minimum atomic E-state index is -0.594. The highest BCUT2D eigenvalue weighted by molar-refractivity contribution is 5.98. The van der Waals surface area contributed by atoms with Gasteiger partial charge in [-0.3, -0.25) is 14.4 Å². The van der Waals surface area contributed by atoms with Crippen molar-refractivity contribution in [2.45, 2.75) is 57.3 Å². The fourth-order valence-corrected chi connectivity index (χ4v) is 6.77. The third kappa shape index (κ3) is 5.54. The van der Waals surface area contributed by atoms with Gasteiger partial charge in [0.1, 0.15) is 17.3 Å². The highest BCUT2D eigenvalue weighted by atomic mass is 19.1. The molecule has 0 spiro atoms. The fraction of sp³-hybridized carbons (Fsp3) is 0.361. The molecule has 11 nitrogen and oxygen atoms in total. The first-order valence-electron chi connectivity index (χ1n) is 16.0. The number of aliphatic hydroxyl groups is 1. The second-order valence-corrected chi connectivity index (χ2v) is 13.7. The van der Waals surface area contributed by atoms with Crippen LogP contribution in [0.1, 0.15) is 60.2 Å². The smallest absolute Gasteiger partial charge is 0.282 e. The third-order valence-corrected chi connectivity index (χ3v) is 9.55. The second-order valence-electron chi connectivity index (χ2n) is 13.7. The lowest BCUT2D eigenvalue weighted by molar-refractivity contribution is -0.130. The Bertz CT molecular complexity index is 2040. The molecule has 48 heavy (non-hydrogen) atoms. The van der Waals surface area contributed by atoms with Crippen molar-refractivity contribution in [3.05, 3.63) is 105 Å². The quantitative estimate of drug-likeness (QED) is 0.340. The predicted octanol–water partition coefficient (Wildman–Crippen LogP) is 3.87. The molecule has 2 amide bonds. The Kier molecular flexibility index (Phi) is 7.87. The first-order chi connectivity index (χ1) is 22.9. The van der Waals surface area contributed by atoms with Crippen molar-refractivity contribution in [3.8, 4) is 5.69 Å². The molecule has 4 aromatic rings. The molecule has 3 atom stereocenters. The summed E-state index contributed by atoms with van der Waals surface area (Å²) in [5.41, 5.74) is 2.66. The van der Waals surface area contributed by atoms with Crippen LogP contribution in [0, 0.1) is 5.82 Å². The van der Waals surface area contributed by atoms with Gasteiger partial charge < -0.3 is 25.0 Å². The predicted molar refractivity (Wildman–Crippen MR) is 177 cm³/mol. The van der Waals surface area contributed by atoms with E-state index in [-0.39, 0.29) is 47.8 Å². The van der Waals surface area contributed by atoms with Crippen molar-refractivity contribution in [2.24, 2.45) is 0 Å². The maximum absolute atomic E-state index is 15.5. The van der Waals surface area contributed by atoms with Crippen LogP contribution in [0.5, 0.6) is 0 Å². The van der Waals surface area contributed by atoms with Gasteiger partial charge in [0, 0.05) is 43.2 Å². The van der Waals surface area contributed by atoms with Crippen LogP contribution in [0.15, 0.2) is 71.4 Å². The van der Waals surface area contributed by atoms with Crippen LogP contribution >= 0.6 is 0 Å². The van der Waals surface area contributed by atoms with Gasteiger partial charge in [-0.05, 0) is 59.4 Å². The van der Waals surface area contributed by atoms with E-state index in [0.29, 0.717) is 47.7 Å². The number of ether oxygens (including phenoxy) is 1. The summed E-state index contributed by atoms with van der Waals surface area (Å²) >= 11 is 0. The molecule has 0 saturated carbocycles. The van der Waals surface area contributed by atoms with Crippen LogP contribution in [0.25, 0.3) is 16.5 Å². The summed E-state index contributed by atoms with van der Waals surface area (Å²) in [5, 5.41) is 17.8. The molecular formula is C36H37FN6O5. The first-order valence-corrected chi connectivity index (χ1v) is 16.0. The summed E-state index contributed by atoms with van der Waals surface area (Å²) in [5.74, 6) is -0.961. The molecule has 2 N–H and O–H groups in total. The molecule has 7 rings (SSSR count). The van der Waals surface area contributed by atoms with E-state index in [4.69, 9.17) is 4.74 Å². The maximum atomic E-state index is 15.5. The van der Waals surface area contributed by atoms with E-state index in [1.807, 2.05) is 45.0 Å². The topological polar surface area (TPSA) is 130 Å². The highest BCUT2D eigenvalue weighted by Gasteiger charge is 2.39. The van der Waals surface area contributed by atoms with Crippen molar-refractivity contribution < 1.29 is 23.8 Å². The molecule has 1 saturated heterocycles. The standard InChI is InChI=1S/C36H37FN6O5/c1-36(2,3)22-12-21-16-39-43(35(47)32(21)27(37)13-22)29-7-5-6-24-25-14-28(34(46)41(4)30(25)19-48-18-26(24)29)40-31-9-8-20(15-38-31)33(45)42-11-10-23(44)17-42/h5-9,12-16,23,25,30,44H,10-11,17-19H2,1-4H3,(H,38,40)/t23?,25?,30-/m0/s1. The first kappa shape index (κ1) is 31.6. The number of nitrogens with zero attached hydrogens (tertiary/aromatic N) is 5. The number of β-amino-alcohol motifs (C(OH)–C–C–N with tert-alkyl or cyclic N) is 1. The summed E-state index contributed by atoms with van der Waals surface area (Å²) in [6, 6.07) is 11.7. The molecule has 0 bridgehead atoms. The zero-order chi connectivity index (χ0) is 33.9. The van der Waals surface area contributed by atoms with Gasteiger partial charge in [-0.15, -0.1) is 0 Å². The number of likely N-dealkylation sites (N-methyl/N-ethyl adjacent to an activating group) is 1. The number of pyridine rings is 1. The number of benzene rings is 2. The summed E-state index contributed by atoms with van der Waals surface area (Å²) in [6.45, 7) is 7.16. The minimum Gasteiger partial charge on any atom is -0.391 e. The Balaban J connectivity index is 1.23. The van der Waals surface area contributed by atoms with Crippen LogP contribution in [0.4, 0.5) is 10.2 Å². The van der Waals surface area contributed by atoms with E-state index < -0.39 is 17.5 Å². The van der Waals surface area contributed by atoms with Gasteiger partial charge in [-0.1, -0.05) is 32.9 Å². The monoisotopic (exact) mass is 652 g/mol. The van der Waals surface area contributed by atoms with Crippen molar-refractivity contribution >= 4 is 28.4 Å². The van der Waals surface area contributed by atoms with Crippen molar-refractivity contribution in [1.29, 1.82) is 0 Å². The molecule has 0 radical (unpaired) electrons. The zero-order valence-corrected chi connectivity index (χ0v) is 27.2. The Hall–Kier alpha value is -4.94. The van der Waals surface area contributed by atoms with Crippen LogP contribution in [-0.4, -0.2) is 80.4 Å². The van der Waals surface area contributed by atoms with Crippen LogP contribution in [0.2, 0.25) is 0 Å². The van der Waals surface area contributed by atoms with E-state index in [9.17, 15) is 19.5 Å². The molecule has 5 heterocycles. The molecule has 12 heteroatoms.